The fourth-order valence-corrected chi connectivity index (χ4v) is 4.93. The number of ether oxygens (including phenoxy) is 1. The zero-order chi connectivity index (χ0) is 22.9. The van der Waals surface area contributed by atoms with Crippen LogP contribution < -0.4 is 16.0 Å². The molecule has 0 spiro atoms. The van der Waals surface area contributed by atoms with E-state index in [1.165, 1.54) is 18.6 Å². The minimum atomic E-state index is -0.655. The second-order valence-electron chi connectivity index (χ2n) is 7.81. The van der Waals surface area contributed by atoms with Crippen LogP contribution in [0.2, 0.25) is 0 Å². The van der Waals surface area contributed by atoms with Crippen molar-refractivity contribution < 1.29 is 19.1 Å². The predicted molar refractivity (Wildman–Crippen MR) is 121 cm³/mol. The van der Waals surface area contributed by atoms with E-state index in [0.717, 1.165) is 10.1 Å². The molecule has 1 atom stereocenters. The normalized spacial score (nSPS) is 18.6. The molecule has 1 aromatic carbocycles. The summed E-state index contributed by atoms with van der Waals surface area (Å²) in [6, 6.07) is 6.82. The number of anilines is 1. The predicted octanol–water partition coefficient (Wildman–Crippen LogP) is 0.608. The third-order valence-electron chi connectivity index (χ3n) is 5.84. The van der Waals surface area contributed by atoms with Crippen molar-refractivity contribution in [2.24, 2.45) is 0 Å². The third-order valence-corrected chi connectivity index (χ3v) is 6.67. The SMILES string of the molecule is CNC(=O)c1nc(NC(=O)c2nsc3ccccc23)c2n1C(CN1CCOCC1)C(=O)NC2. The molecule has 0 bridgehead atoms. The molecule has 1 unspecified atom stereocenters. The van der Waals surface area contributed by atoms with Crippen LogP contribution in [0, 0.1) is 0 Å². The standard InChI is InChI=1S/C21H23N7O4S/c1-22-21(31)18-24-17(25-20(30)16-12-4-2-3-5-15(12)33-26-16)13-10-23-19(29)14(28(13)18)11-27-6-8-32-9-7-27/h2-5,14H,6-11H2,1H3,(H,22,31)(H,23,29)(H,25,30). The van der Waals surface area contributed by atoms with E-state index in [1.54, 1.807) is 4.57 Å². The van der Waals surface area contributed by atoms with E-state index in [9.17, 15) is 14.4 Å². The summed E-state index contributed by atoms with van der Waals surface area (Å²) in [7, 11) is 1.50. The van der Waals surface area contributed by atoms with Crippen LogP contribution in [-0.4, -0.2) is 76.4 Å². The molecule has 3 amide bonds. The summed E-state index contributed by atoms with van der Waals surface area (Å²) in [5.41, 5.74) is 0.864. The number of aromatic nitrogens is 3. The molecular formula is C21H23N7O4S. The monoisotopic (exact) mass is 469 g/mol. The molecular weight excluding hydrogens is 446 g/mol. The zero-order valence-corrected chi connectivity index (χ0v) is 18.8. The first kappa shape index (κ1) is 21.5. The molecule has 0 radical (unpaired) electrons. The molecule has 1 saturated heterocycles. The number of hydrogen-bond donors (Lipinski definition) is 3. The molecule has 0 aliphatic carbocycles. The lowest BCUT2D eigenvalue weighted by Crippen LogP contribution is -2.48. The van der Waals surface area contributed by atoms with Crippen molar-refractivity contribution in [2.45, 2.75) is 12.6 Å². The van der Waals surface area contributed by atoms with Gasteiger partial charge in [-0.3, -0.25) is 19.3 Å². The maximum atomic E-state index is 13.1. The second-order valence-corrected chi connectivity index (χ2v) is 8.61. The molecule has 33 heavy (non-hydrogen) atoms. The number of fused-ring (bicyclic) bond motifs is 2. The van der Waals surface area contributed by atoms with Gasteiger partial charge in [0, 0.05) is 32.1 Å². The first-order valence-corrected chi connectivity index (χ1v) is 11.4. The average Bonchev–Trinajstić information content (AvgIpc) is 3.43. The van der Waals surface area contributed by atoms with E-state index >= 15 is 0 Å². The molecule has 2 aliphatic heterocycles. The number of nitrogens with zero attached hydrogens (tertiary/aromatic N) is 4. The fourth-order valence-electron chi connectivity index (χ4n) is 4.16. The summed E-state index contributed by atoms with van der Waals surface area (Å²) in [6.45, 7) is 3.14. The van der Waals surface area contributed by atoms with Gasteiger partial charge in [0.25, 0.3) is 11.8 Å². The molecule has 3 N–H and O–H groups in total. The molecule has 3 aromatic rings. The van der Waals surface area contributed by atoms with Crippen molar-refractivity contribution >= 4 is 45.2 Å². The number of imidazole rings is 1. The van der Waals surface area contributed by atoms with Gasteiger partial charge < -0.3 is 25.3 Å². The largest absolute Gasteiger partial charge is 0.379 e. The van der Waals surface area contributed by atoms with E-state index in [0.29, 0.717) is 44.2 Å². The topological polar surface area (TPSA) is 130 Å². The first-order valence-electron chi connectivity index (χ1n) is 10.6. The van der Waals surface area contributed by atoms with Gasteiger partial charge in [-0.25, -0.2) is 4.98 Å². The average molecular weight is 470 g/mol. The van der Waals surface area contributed by atoms with Gasteiger partial charge in [0.2, 0.25) is 11.7 Å². The van der Waals surface area contributed by atoms with Gasteiger partial charge in [0.1, 0.15) is 11.7 Å². The van der Waals surface area contributed by atoms with E-state index in [-0.39, 0.29) is 24.1 Å². The number of hydrogen-bond acceptors (Lipinski definition) is 8. The minimum Gasteiger partial charge on any atom is -0.379 e. The number of carbonyl (C=O) groups is 3. The molecule has 2 aromatic heterocycles. The number of nitrogens with one attached hydrogen (secondary N) is 3. The van der Waals surface area contributed by atoms with Crippen molar-refractivity contribution in [3.63, 3.8) is 0 Å². The Morgan fingerprint density at radius 3 is 2.82 bits per heavy atom. The van der Waals surface area contributed by atoms with Gasteiger partial charge in [-0.1, -0.05) is 18.2 Å². The van der Waals surface area contributed by atoms with Crippen LogP contribution in [0.3, 0.4) is 0 Å². The maximum Gasteiger partial charge on any atom is 0.287 e. The number of rotatable bonds is 5. The van der Waals surface area contributed by atoms with Crippen LogP contribution in [-0.2, 0) is 16.1 Å². The molecule has 12 heteroatoms. The molecule has 2 aliphatic rings. The number of morpholine rings is 1. The number of benzene rings is 1. The van der Waals surface area contributed by atoms with Gasteiger partial charge >= 0.3 is 0 Å². The second kappa shape index (κ2) is 8.89. The van der Waals surface area contributed by atoms with Gasteiger partial charge in [-0.2, -0.15) is 4.37 Å². The maximum absolute atomic E-state index is 13.1. The first-order chi connectivity index (χ1) is 16.1. The van der Waals surface area contributed by atoms with Crippen molar-refractivity contribution in [3.05, 3.63) is 41.5 Å². The Balaban J connectivity index is 1.50. The van der Waals surface area contributed by atoms with Gasteiger partial charge in [-0.05, 0) is 17.6 Å². The third kappa shape index (κ3) is 3.96. The van der Waals surface area contributed by atoms with Crippen LogP contribution in [0.15, 0.2) is 24.3 Å². The van der Waals surface area contributed by atoms with Crippen LogP contribution in [0.4, 0.5) is 5.82 Å². The van der Waals surface area contributed by atoms with Gasteiger partial charge in [0.15, 0.2) is 5.82 Å². The van der Waals surface area contributed by atoms with Crippen LogP contribution in [0.5, 0.6) is 0 Å². The Morgan fingerprint density at radius 1 is 1.24 bits per heavy atom. The summed E-state index contributed by atoms with van der Waals surface area (Å²) in [5, 5.41) is 9.01. The van der Waals surface area contributed by atoms with Crippen molar-refractivity contribution in [1.29, 1.82) is 0 Å². The van der Waals surface area contributed by atoms with E-state index < -0.39 is 17.9 Å². The van der Waals surface area contributed by atoms with Gasteiger partial charge in [-0.15, -0.1) is 0 Å². The zero-order valence-electron chi connectivity index (χ0n) is 18.0. The highest BCUT2D eigenvalue weighted by molar-refractivity contribution is 7.13. The molecule has 1 fully saturated rings. The van der Waals surface area contributed by atoms with E-state index in [4.69, 9.17) is 4.74 Å². The number of carbonyl (C=O) groups excluding carboxylic acids is 3. The quantitative estimate of drug-likeness (QED) is 0.499. The molecule has 4 heterocycles. The lowest BCUT2D eigenvalue weighted by molar-refractivity contribution is -0.126. The van der Waals surface area contributed by atoms with E-state index in [2.05, 4.69) is 30.2 Å². The Morgan fingerprint density at radius 2 is 2.03 bits per heavy atom. The van der Waals surface area contributed by atoms with E-state index in [1.807, 2.05) is 24.3 Å². The summed E-state index contributed by atoms with van der Waals surface area (Å²) in [5.74, 6) is -0.724. The van der Waals surface area contributed by atoms with Crippen LogP contribution in [0.25, 0.3) is 10.1 Å². The van der Waals surface area contributed by atoms with Crippen molar-refractivity contribution in [1.82, 2.24) is 29.5 Å². The Hall–Kier alpha value is -3.35. The van der Waals surface area contributed by atoms with Crippen LogP contribution in [0.1, 0.15) is 32.8 Å². The highest BCUT2D eigenvalue weighted by Gasteiger charge is 2.36. The number of amides is 3. The molecule has 0 saturated carbocycles. The van der Waals surface area contributed by atoms with Gasteiger partial charge in [0.05, 0.1) is 30.2 Å². The van der Waals surface area contributed by atoms with Crippen molar-refractivity contribution in [2.75, 3.05) is 45.2 Å². The lowest BCUT2D eigenvalue weighted by atomic mass is 10.1. The summed E-state index contributed by atoms with van der Waals surface area (Å²) in [6.07, 6.45) is 0. The highest BCUT2D eigenvalue weighted by Crippen LogP contribution is 2.29. The highest BCUT2D eigenvalue weighted by atomic mass is 32.1. The smallest absolute Gasteiger partial charge is 0.287 e. The Kier molecular flexibility index (Phi) is 5.79. The molecule has 11 nitrogen and oxygen atoms in total. The van der Waals surface area contributed by atoms with Crippen molar-refractivity contribution in [3.8, 4) is 0 Å². The Labute approximate surface area is 193 Å². The fraction of sp³-hybridized carbons (Fsp3) is 0.381. The minimum absolute atomic E-state index is 0.0824. The lowest BCUT2D eigenvalue weighted by Gasteiger charge is -2.33. The molecule has 172 valence electrons. The summed E-state index contributed by atoms with van der Waals surface area (Å²) in [4.78, 5) is 45.1. The molecule has 5 rings (SSSR count). The summed E-state index contributed by atoms with van der Waals surface area (Å²) < 4.78 is 12.2. The Bertz CT molecular complexity index is 1230. The summed E-state index contributed by atoms with van der Waals surface area (Å²) >= 11 is 1.24. The van der Waals surface area contributed by atoms with Crippen LogP contribution >= 0.6 is 11.5 Å².